The summed E-state index contributed by atoms with van der Waals surface area (Å²) in [6, 6.07) is 0. The van der Waals surface area contributed by atoms with Crippen LogP contribution in [0.3, 0.4) is 0 Å². The quantitative estimate of drug-likeness (QED) is 0.608. The molecule has 0 aromatic carbocycles. The first-order chi connectivity index (χ1) is 5.73. The Hall–Kier alpha value is -0.530. The molecule has 1 atom stereocenters. The van der Waals surface area contributed by atoms with Crippen molar-refractivity contribution in [1.29, 1.82) is 0 Å². The lowest BCUT2D eigenvalue weighted by Crippen LogP contribution is -2.35. The van der Waals surface area contributed by atoms with Crippen LogP contribution >= 0.6 is 0 Å². The second kappa shape index (κ2) is 3.00. The lowest BCUT2D eigenvalue weighted by atomic mass is 9.60. The third-order valence-corrected chi connectivity index (χ3v) is 3.51. The Bertz CT molecular complexity index is 368. The number of hydrogen-bond acceptors (Lipinski definition) is 2. The first kappa shape index (κ1) is 10.6. The van der Waals surface area contributed by atoms with Crippen LogP contribution in [-0.4, -0.2) is 14.7 Å². The summed E-state index contributed by atoms with van der Waals surface area (Å²) >= 11 is 0. The SMILES string of the molecule is CC1CC(=C=CS(C)(=O)=O)C1(C)C. The molecule has 0 amide bonds. The van der Waals surface area contributed by atoms with Gasteiger partial charge in [0, 0.05) is 6.26 Å². The first-order valence-electron chi connectivity index (χ1n) is 4.39. The summed E-state index contributed by atoms with van der Waals surface area (Å²) in [5.74, 6) is 0.628. The second-order valence-corrected chi connectivity index (χ2v) is 6.29. The van der Waals surface area contributed by atoms with E-state index in [4.69, 9.17) is 0 Å². The van der Waals surface area contributed by atoms with Gasteiger partial charge in [-0.05, 0) is 23.3 Å². The Morgan fingerprint density at radius 2 is 2.08 bits per heavy atom. The number of hydrogen-bond donors (Lipinski definition) is 0. The zero-order valence-corrected chi connectivity index (χ0v) is 9.40. The molecule has 2 nitrogen and oxygen atoms in total. The maximum Gasteiger partial charge on any atom is 0.175 e. The van der Waals surface area contributed by atoms with Crippen LogP contribution in [0.2, 0.25) is 0 Å². The standard InChI is InChI=1S/C10H16O2S/c1-8-7-9(10(8,2)3)5-6-13(4,11)12/h6,8H,7H2,1-4H3. The number of allylic oxidation sites excluding steroid dienone is 1. The molecule has 0 aromatic heterocycles. The average molecular weight is 200 g/mol. The van der Waals surface area contributed by atoms with Crippen molar-refractivity contribution in [3.05, 3.63) is 16.7 Å². The Balaban J connectivity index is 2.95. The van der Waals surface area contributed by atoms with Gasteiger partial charge < -0.3 is 0 Å². The minimum absolute atomic E-state index is 0.126. The highest BCUT2D eigenvalue weighted by atomic mass is 32.2. The van der Waals surface area contributed by atoms with Gasteiger partial charge in [-0.1, -0.05) is 20.8 Å². The number of sulfone groups is 1. The highest BCUT2D eigenvalue weighted by Crippen LogP contribution is 2.49. The average Bonchev–Trinajstić information content (AvgIpc) is 1.95. The van der Waals surface area contributed by atoms with Crippen molar-refractivity contribution in [3.63, 3.8) is 0 Å². The third kappa shape index (κ3) is 2.23. The molecule has 0 aromatic rings. The molecule has 0 aliphatic heterocycles. The van der Waals surface area contributed by atoms with E-state index in [1.54, 1.807) is 0 Å². The van der Waals surface area contributed by atoms with Crippen LogP contribution in [0.1, 0.15) is 27.2 Å². The van der Waals surface area contributed by atoms with Crippen molar-refractivity contribution in [3.8, 4) is 0 Å². The Morgan fingerprint density at radius 3 is 2.38 bits per heavy atom. The van der Waals surface area contributed by atoms with E-state index in [9.17, 15) is 8.42 Å². The molecule has 1 saturated carbocycles. The van der Waals surface area contributed by atoms with Gasteiger partial charge in [0.15, 0.2) is 9.84 Å². The normalized spacial score (nSPS) is 26.2. The Morgan fingerprint density at radius 1 is 1.54 bits per heavy atom. The molecule has 1 unspecified atom stereocenters. The molecule has 1 aliphatic carbocycles. The summed E-state index contributed by atoms with van der Waals surface area (Å²) in [7, 11) is -3.02. The topological polar surface area (TPSA) is 34.1 Å². The van der Waals surface area contributed by atoms with Crippen LogP contribution in [-0.2, 0) is 9.84 Å². The summed E-state index contributed by atoms with van der Waals surface area (Å²) < 4.78 is 21.7. The summed E-state index contributed by atoms with van der Waals surface area (Å²) in [6.45, 7) is 6.42. The van der Waals surface area contributed by atoms with E-state index < -0.39 is 9.84 Å². The van der Waals surface area contributed by atoms with Crippen molar-refractivity contribution in [2.24, 2.45) is 11.3 Å². The molecule has 1 fully saturated rings. The molecule has 0 saturated heterocycles. The van der Waals surface area contributed by atoms with Crippen LogP contribution in [0.4, 0.5) is 0 Å². The van der Waals surface area contributed by atoms with Gasteiger partial charge in [-0.25, -0.2) is 8.42 Å². The van der Waals surface area contributed by atoms with E-state index in [1.807, 2.05) is 0 Å². The molecular formula is C10H16O2S. The maximum atomic E-state index is 10.8. The predicted octanol–water partition coefficient (Wildman–Crippen LogP) is 2.14. The monoisotopic (exact) mass is 200 g/mol. The van der Waals surface area contributed by atoms with Crippen LogP contribution < -0.4 is 0 Å². The summed E-state index contributed by atoms with van der Waals surface area (Å²) in [5.41, 5.74) is 4.13. The largest absolute Gasteiger partial charge is 0.224 e. The molecule has 1 aliphatic rings. The fraction of sp³-hybridized carbons (Fsp3) is 0.700. The highest BCUT2D eigenvalue weighted by Gasteiger charge is 2.40. The van der Waals surface area contributed by atoms with Crippen LogP contribution in [0, 0.1) is 11.3 Å². The molecule has 74 valence electrons. The molecule has 0 N–H and O–H groups in total. The van der Waals surface area contributed by atoms with Crippen LogP contribution in [0.5, 0.6) is 0 Å². The number of rotatable bonds is 1. The van der Waals surface area contributed by atoms with Gasteiger partial charge in [0.2, 0.25) is 0 Å². The van der Waals surface area contributed by atoms with E-state index in [0.717, 1.165) is 12.0 Å². The summed E-state index contributed by atoms with van der Waals surface area (Å²) in [6.07, 6.45) is 2.16. The molecule has 3 heteroatoms. The lowest BCUT2D eigenvalue weighted by molar-refractivity contribution is 0.187. The first-order valence-corrected chi connectivity index (χ1v) is 6.35. The van der Waals surface area contributed by atoms with Crippen LogP contribution in [0.25, 0.3) is 0 Å². The van der Waals surface area contributed by atoms with Crippen molar-refractivity contribution in [2.45, 2.75) is 27.2 Å². The van der Waals surface area contributed by atoms with Gasteiger partial charge in [-0.3, -0.25) is 0 Å². The predicted molar refractivity (Wildman–Crippen MR) is 54.0 cm³/mol. The van der Waals surface area contributed by atoms with Crippen molar-refractivity contribution in [1.82, 2.24) is 0 Å². The molecule has 0 bridgehead atoms. The summed E-state index contributed by atoms with van der Waals surface area (Å²) in [5, 5.41) is 1.18. The second-order valence-electron chi connectivity index (χ2n) is 4.40. The highest BCUT2D eigenvalue weighted by molar-refractivity contribution is 7.93. The summed E-state index contributed by atoms with van der Waals surface area (Å²) in [4.78, 5) is 0. The van der Waals surface area contributed by atoms with Crippen molar-refractivity contribution < 1.29 is 8.42 Å². The van der Waals surface area contributed by atoms with Gasteiger partial charge >= 0.3 is 0 Å². The van der Waals surface area contributed by atoms with E-state index >= 15 is 0 Å². The Kier molecular flexibility index (Phi) is 2.44. The van der Waals surface area contributed by atoms with Gasteiger partial charge in [0.25, 0.3) is 0 Å². The fourth-order valence-corrected chi connectivity index (χ4v) is 1.77. The zero-order chi connectivity index (χ0) is 10.3. The third-order valence-electron chi connectivity index (χ3n) is 2.97. The van der Waals surface area contributed by atoms with Crippen molar-refractivity contribution in [2.75, 3.05) is 6.26 Å². The molecule has 0 spiro atoms. The van der Waals surface area contributed by atoms with Crippen LogP contribution in [0.15, 0.2) is 16.7 Å². The molecule has 0 heterocycles. The van der Waals surface area contributed by atoms with E-state index in [0.29, 0.717) is 5.92 Å². The minimum Gasteiger partial charge on any atom is -0.224 e. The lowest BCUT2D eigenvalue weighted by Gasteiger charge is -2.44. The smallest absolute Gasteiger partial charge is 0.175 e. The molecule has 1 rings (SSSR count). The maximum absolute atomic E-state index is 10.8. The minimum atomic E-state index is -3.02. The Labute approximate surface area is 80.3 Å². The van der Waals surface area contributed by atoms with E-state index in [2.05, 4.69) is 26.5 Å². The fourth-order valence-electron chi connectivity index (χ4n) is 1.41. The molecule has 13 heavy (non-hydrogen) atoms. The van der Waals surface area contributed by atoms with Crippen molar-refractivity contribution >= 4 is 9.84 Å². The zero-order valence-electron chi connectivity index (χ0n) is 8.59. The van der Waals surface area contributed by atoms with Gasteiger partial charge in [0.05, 0.1) is 5.41 Å². The van der Waals surface area contributed by atoms with E-state index in [-0.39, 0.29) is 5.41 Å². The molecular weight excluding hydrogens is 184 g/mol. The molecule has 0 radical (unpaired) electrons. The van der Waals surface area contributed by atoms with E-state index in [1.165, 1.54) is 11.7 Å². The van der Waals surface area contributed by atoms with Gasteiger partial charge in [0.1, 0.15) is 0 Å². The van der Waals surface area contributed by atoms with Gasteiger partial charge in [-0.15, -0.1) is 5.73 Å². The van der Waals surface area contributed by atoms with Gasteiger partial charge in [-0.2, -0.15) is 0 Å².